The molecule has 132 valence electrons. The minimum atomic E-state index is -0.494. The highest BCUT2D eigenvalue weighted by molar-refractivity contribution is 5.93. The van der Waals surface area contributed by atoms with Crippen molar-refractivity contribution in [3.8, 4) is 12.1 Å². The van der Waals surface area contributed by atoms with Gasteiger partial charge in [-0.05, 0) is 43.3 Å². The van der Waals surface area contributed by atoms with E-state index >= 15 is 0 Å². The normalized spacial score (nSPS) is 11.1. The van der Waals surface area contributed by atoms with Gasteiger partial charge in [-0.2, -0.15) is 15.6 Å². The Morgan fingerprint density at radius 3 is 2.26 bits per heavy atom. The summed E-state index contributed by atoms with van der Waals surface area (Å²) in [6, 6.07) is 15.6. The lowest BCUT2D eigenvalue weighted by atomic mass is 10.1. The summed E-state index contributed by atoms with van der Waals surface area (Å²) in [5, 5.41) is 28.3. The van der Waals surface area contributed by atoms with Crippen molar-refractivity contribution >= 4 is 23.0 Å². The first-order chi connectivity index (χ1) is 13.1. The number of para-hydroxylation sites is 1. The number of nitriles is 2. The zero-order valence-corrected chi connectivity index (χ0v) is 14.4. The van der Waals surface area contributed by atoms with Crippen molar-refractivity contribution in [3.05, 3.63) is 66.2 Å². The van der Waals surface area contributed by atoms with Crippen LogP contribution in [0.1, 0.15) is 24.1 Å². The summed E-state index contributed by atoms with van der Waals surface area (Å²) in [6.07, 6.45) is 2.86. The summed E-state index contributed by atoms with van der Waals surface area (Å²) in [5.41, 5.74) is 2.53. The number of nitrogens with zero attached hydrogens (tertiary/aromatic N) is 5. The van der Waals surface area contributed by atoms with Crippen LogP contribution in [0.4, 0.5) is 17.1 Å². The Hall–Kier alpha value is -4.17. The van der Waals surface area contributed by atoms with Gasteiger partial charge in [-0.1, -0.05) is 6.07 Å². The van der Waals surface area contributed by atoms with Crippen LogP contribution in [0.15, 0.2) is 55.1 Å². The number of aromatic nitrogens is 3. The second kappa shape index (κ2) is 7.81. The Balaban J connectivity index is 1.73. The molecule has 3 rings (SSSR count). The van der Waals surface area contributed by atoms with Crippen LogP contribution < -0.4 is 10.6 Å². The molecule has 1 heterocycles. The van der Waals surface area contributed by atoms with Crippen molar-refractivity contribution in [1.82, 2.24) is 14.8 Å². The van der Waals surface area contributed by atoms with Crippen molar-refractivity contribution < 1.29 is 4.79 Å². The summed E-state index contributed by atoms with van der Waals surface area (Å²) >= 11 is 0. The SMILES string of the molecule is CC(C(=O)Nc1ccc(Nc2c(C#N)cccc2C#N)cc1)n1cncn1. The molecule has 0 fully saturated rings. The van der Waals surface area contributed by atoms with Crippen molar-refractivity contribution in [1.29, 1.82) is 10.5 Å². The third-order valence-electron chi connectivity index (χ3n) is 3.94. The van der Waals surface area contributed by atoms with Gasteiger partial charge in [0.1, 0.15) is 30.8 Å². The third kappa shape index (κ3) is 3.91. The van der Waals surface area contributed by atoms with E-state index in [9.17, 15) is 15.3 Å². The molecule has 0 bridgehead atoms. The van der Waals surface area contributed by atoms with E-state index in [0.29, 0.717) is 28.2 Å². The number of benzene rings is 2. The summed E-state index contributed by atoms with van der Waals surface area (Å²) in [6.45, 7) is 1.72. The second-order valence-electron chi connectivity index (χ2n) is 5.69. The van der Waals surface area contributed by atoms with E-state index < -0.39 is 6.04 Å². The van der Waals surface area contributed by atoms with Crippen LogP contribution >= 0.6 is 0 Å². The number of carbonyl (C=O) groups excluding carboxylic acids is 1. The molecule has 0 aliphatic carbocycles. The van der Waals surface area contributed by atoms with Gasteiger partial charge in [-0.25, -0.2) is 9.67 Å². The van der Waals surface area contributed by atoms with Gasteiger partial charge in [-0.15, -0.1) is 0 Å². The summed E-state index contributed by atoms with van der Waals surface area (Å²) < 4.78 is 1.47. The Bertz CT molecular complexity index is 995. The minimum Gasteiger partial charge on any atom is -0.353 e. The topological polar surface area (TPSA) is 119 Å². The quantitative estimate of drug-likeness (QED) is 0.724. The maximum absolute atomic E-state index is 12.3. The minimum absolute atomic E-state index is 0.220. The van der Waals surface area contributed by atoms with Crippen molar-refractivity contribution in [2.45, 2.75) is 13.0 Å². The van der Waals surface area contributed by atoms with Gasteiger partial charge in [0, 0.05) is 11.4 Å². The molecule has 0 spiro atoms. The number of hydrogen-bond acceptors (Lipinski definition) is 6. The van der Waals surface area contributed by atoms with Gasteiger partial charge in [0.2, 0.25) is 5.91 Å². The summed E-state index contributed by atoms with van der Waals surface area (Å²) in [4.78, 5) is 16.1. The molecule has 8 nitrogen and oxygen atoms in total. The van der Waals surface area contributed by atoms with E-state index in [1.807, 2.05) is 0 Å². The van der Waals surface area contributed by atoms with Crippen LogP contribution in [-0.2, 0) is 4.79 Å². The Kier molecular flexibility index (Phi) is 5.10. The molecule has 8 heteroatoms. The van der Waals surface area contributed by atoms with E-state index in [1.54, 1.807) is 49.4 Å². The zero-order chi connectivity index (χ0) is 19.2. The summed E-state index contributed by atoms with van der Waals surface area (Å²) in [7, 11) is 0. The lowest BCUT2D eigenvalue weighted by Gasteiger charge is -2.13. The number of nitrogens with one attached hydrogen (secondary N) is 2. The molecular formula is C19H15N7O. The van der Waals surface area contributed by atoms with Crippen molar-refractivity contribution in [2.75, 3.05) is 10.6 Å². The first kappa shape index (κ1) is 17.6. The molecule has 0 saturated carbocycles. The number of hydrogen-bond donors (Lipinski definition) is 2. The highest BCUT2D eigenvalue weighted by Gasteiger charge is 2.15. The predicted octanol–water partition coefficient (Wildman–Crippen LogP) is 2.96. The van der Waals surface area contributed by atoms with E-state index in [0.717, 1.165) is 0 Å². The molecule has 0 aliphatic rings. The molecular weight excluding hydrogens is 342 g/mol. The molecule has 27 heavy (non-hydrogen) atoms. The van der Waals surface area contributed by atoms with Gasteiger partial charge in [0.15, 0.2) is 0 Å². The van der Waals surface area contributed by atoms with Crippen LogP contribution in [-0.4, -0.2) is 20.7 Å². The first-order valence-corrected chi connectivity index (χ1v) is 8.07. The maximum atomic E-state index is 12.3. The number of carbonyl (C=O) groups is 1. The van der Waals surface area contributed by atoms with Crippen LogP contribution in [0.3, 0.4) is 0 Å². The van der Waals surface area contributed by atoms with Gasteiger partial charge in [0.05, 0.1) is 16.8 Å². The zero-order valence-electron chi connectivity index (χ0n) is 14.4. The fourth-order valence-corrected chi connectivity index (χ4v) is 2.44. The number of anilines is 3. The van der Waals surface area contributed by atoms with E-state index in [1.165, 1.54) is 17.3 Å². The second-order valence-corrected chi connectivity index (χ2v) is 5.69. The van der Waals surface area contributed by atoms with Crippen LogP contribution in [0, 0.1) is 22.7 Å². The van der Waals surface area contributed by atoms with E-state index in [-0.39, 0.29) is 5.91 Å². The fraction of sp³-hybridized carbons (Fsp3) is 0.105. The highest BCUT2D eigenvalue weighted by atomic mass is 16.2. The predicted molar refractivity (Wildman–Crippen MR) is 99.0 cm³/mol. The Morgan fingerprint density at radius 1 is 1.07 bits per heavy atom. The van der Waals surface area contributed by atoms with Gasteiger partial charge >= 0.3 is 0 Å². The van der Waals surface area contributed by atoms with Crippen molar-refractivity contribution in [2.24, 2.45) is 0 Å². The smallest absolute Gasteiger partial charge is 0.249 e. The highest BCUT2D eigenvalue weighted by Crippen LogP contribution is 2.25. The maximum Gasteiger partial charge on any atom is 0.249 e. The lowest BCUT2D eigenvalue weighted by Crippen LogP contribution is -2.23. The van der Waals surface area contributed by atoms with E-state index in [2.05, 4.69) is 32.9 Å². The summed E-state index contributed by atoms with van der Waals surface area (Å²) in [5.74, 6) is -0.220. The average Bonchev–Trinajstić information content (AvgIpc) is 3.23. The molecule has 0 saturated heterocycles. The monoisotopic (exact) mass is 357 g/mol. The largest absolute Gasteiger partial charge is 0.353 e. The molecule has 1 aromatic heterocycles. The van der Waals surface area contributed by atoms with E-state index in [4.69, 9.17) is 0 Å². The molecule has 1 amide bonds. The molecule has 1 unspecified atom stereocenters. The first-order valence-electron chi connectivity index (χ1n) is 8.07. The molecule has 3 aromatic rings. The number of amides is 1. The molecule has 1 atom stereocenters. The standard InChI is InChI=1S/C19H15N7O/c1-13(26-12-22-11-23-26)19(27)25-17-7-5-16(6-8-17)24-18-14(9-20)3-2-4-15(18)10-21/h2-8,11-13,24H,1H3,(H,25,27). The third-order valence-corrected chi connectivity index (χ3v) is 3.94. The van der Waals surface area contributed by atoms with Gasteiger partial charge < -0.3 is 10.6 Å². The lowest BCUT2D eigenvalue weighted by molar-refractivity contribution is -0.119. The Labute approximate surface area is 155 Å². The molecule has 0 aliphatic heterocycles. The van der Waals surface area contributed by atoms with Crippen LogP contribution in [0.25, 0.3) is 0 Å². The fourth-order valence-electron chi connectivity index (χ4n) is 2.44. The van der Waals surface area contributed by atoms with Crippen molar-refractivity contribution in [3.63, 3.8) is 0 Å². The average molecular weight is 357 g/mol. The molecule has 2 N–H and O–H groups in total. The molecule has 0 radical (unpaired) electrons. The number of rotatable bonds is 5. The van der Waals surface area contributed by atoms with Gasteiger partial charge in [-0.3, -0.25) is 4.79 Å². The Morgan fingerprint density at radius 2 is 1.70 bits per heavy atom. The van der Waals surface area contributed by atoms with Crippen LogP contribution in [0.5, 0.6) is 0 Å². The molecule has 2 aromatic carbocycles. The van der Waals surface area contributed by atoms with Crippen LogP contribution in [0.2, 0.25) is 0 Å². The van der Waals surface area contributed by atoms with Gasteiger partial charge in [0.25, 0.3) is 0 Å².